The Morgan fingerprint density at radius 3 is 2.75 bits per heavy atom. The highest BCUT2D eigenvalue weighted by atomic mass is 32.2. The Morgan fingerprint density at radius 1 is 1.62 bits per heavy atom. The minimum Gasteiger partial charge on any atom is -0.393 e. The summed E-state index contributed by atoms with van der Waals surface area (Å²) in [4.78, 5) is 0. The van der Waals surface area contributed by atoms with Gasteiger partial charge in [-0.3, -0.25) is 0 Å². The molecule has 1 N–H and O–H groups in total. The molecule has 2 heteroatoms. The van der Waals surface area contributed by atoms with E-state index in [0.29, 0.717) is 5.25 Å². The Kier molecular flexibility index (Phi) is 2.20. The zero-order chi connectivity index (χ0) is 5.98. The lowest BCUT2D eigenvalue weighted by Gasteiger charge is -2.21. The quantitative estimate of drug-likeness (QED) is 0.535. The molecule has 0 spiro atoms. The minimum absolute atomic E-state index is 0.00810. The largest absolute Gasteiger partial charge is 0.393 e. The minimum atomic E-state index is -0.00810. The number of hydrogen-bond acceptors (Lipinski definition) is 2. The zero-order valence-corrected chi connectivity index (χ0v) is 5.95. The smallest absolute Gasteiger partial charge is 0.0558 e. The topological polar surface area (TPSA) is 20.2 Å². The van der Waals surface area contributed by atoms with Crippen molar-refractivity contribution >= 4 is 11.8 Å². The second-order valence-electron chi connectivity index (χ2n) is 2.36. The average Bonchev–Trinajstić information content (AvgIpc) is 1.64. The van der Waals surface area contributed by atoms with E-state index in [2.05, 4.69) is 6.92 Å². The first-order chi connectivity index (χ1) is 3.79. The highest BCUT2D eigenvalue weighted by Crippen LogP contribution is 2.24. The van der Waals surface area contributed by atoms with Gasteiger partial charge in [0.05, 0.1) is 6.10 Å². The van der Waals surface area contributed by atoms with Gasteiger partial charge >= 0.3 is 0 Å². The van der Waals surface area contributed by atoms with Crippen molar-refractivity contribution in [2.45, 2.75) is 31.1 Å². The first kappa shape index (κ1) is 6.43. The summed E-state index contributed by atoms with van der Waals surface area (Å²) >= 11 is 1.96. The van der Waals surface area contributed by atoms with Crippen molar-refractivity contribution in [1.29, 1.82) is 0 Å². The van der Waals surface area contributed by atoms with E-state index in [0.717, 1.165) is 18.6 Å². The molecule has 1 fully saturated rings. The summed E-state index contributed by atoms with van der Waals surface area (Å²) in [6, 6.07) is 0. The van der Waals surface area contributed by atoms with Crippen LogP contribution in [0.5, 0.6) is 0 Å². The van der Waals surface area contributed by atoms with Crippen LogP contribution in [0.2, 0.25) is 0 Å². The Hall–Kier alpha value is 0.310. The second-order valence-corrected chi connectivity index (χ2v) is 3.91. The van der Waals surface area contributed by atoms with Crippen molar-refractivity contribution in [2.24, 2.45) is 0 Å². The summed E-state index contributed by atoms with van der Waals surface area (Å²) in [7, 11) is 0. The van der Waals surface area contributed by atoms with Crippen LogP contribution in [0.4, 0.5) is 0 Å². The standard InChI is InChI=1S/C6H12OS/c1-5-4-6(7)2-3-8-5/h5-7H,2-4H2,1H3/t5-,6+/m0/s1. The van der Waals surface area contributed by atoms with Crippen LogP contribution in [-0.2, 0) is 0 Å². The first-order valence-corrected chi connectivity index (χ1v) is 4.13. The molecule has 0 aromatic heterocycles. The molecule has 1 aliphatic rings. The maximum Gasteiger partial charge on any atom is 0.0558 e. The number of aliphatic hydroxyl groups excluding tert-OH is 1. The molecule has 0 unspecified atom stereocenters. The summed E-state index contributed by atoms with van der Waals surface area (Å²) in [6.07, 6.45) is 1.98. The summed E-state index contributed by atoms with van der Waals surface area (Å²) in [5.74, 6) is 1.14. The van der Waals surface area contributed by atoms with Crippen molar-refractivity contribution in [3.8, 4) is 0 Å². The Balaban J connectivity index is 2.23. The molecule has 8 heavy (non-hydrogen) atoms. The molecule has 2 atom stereocenters. The van der Waals surface area contributed by atoms with Gasteiger partial charge in [-0.15, -0.1) is 0 Å². The molecule has 1 rings (SSSR count). The lowest BCUT2D eigenvalue weighted by Crippen LogP contribution is -2.19. The monoisotopic (exact) mass is 132 g/mol. The maximum atomic E-state index is 9.07. The van der Waals surface area contributed by atoms with Crippen molar-refractivity contribution in [1.82, 2.24) is 0 Å². The van der Waals surface area contributed by atoms with Gasteiger partial charge in [0.2, 0.25) is 0 Å². The highest BCUT2D eigenvalue weighted by Gasteiger charge is 2.15. The fourth-order valence-electron chi connectivity index (χ4n) is 0.974. The lowest BCUT2D eigenvalue weighted by atomic mass is 10.1. The molecule has 0 amide bonds. The third-order valence-electron chi connectivity index (χ3n) is 1.46. The average molecular weight is 132 g/mol. The molecule has 0 aromatic rings. The van der Waals surface area contributed by atoms with Crippen LogP contribution in [0.25, 0.3) is 0 Å². The Morgan fingerprint density at radius 2 is 2.38 bits per heavy atom. The van der Waals surface area contributed by atoms with Crippen LogP contribution >= 0.6 is 11.8 Å². The van der Waals surface area contributed by atoms with Crippen molar-refractivity contribution in [3.63, 3.8) is 0 Å². The summed E-state index contributed by atoms with van der Waals surface area (Å²) < 4.78 is 0. The Labute approximate surface area is 54.5 Å². The van der Waals surface area contributed by atoms with Crippen LogP contribution in [0.3, 0.4) is 0 Å². The number of aliphatic hydroxyl groups is 1. The molecule has 0 aromatic carbocycles. The predicted molar refractivity (Wildman–Crippen MR) is 37.2 cm³/mol. The molecular weight excluding hydrogens is 120 g/mol. The molecular formula is C6H12OS. The summed E-state index contributed by atoms with van der Waals surface area (Å²) in [5, 5.41) is 9.75. The van der Waals surface area contributed by atoms with Crippen molar-refractivity contribution < 1.29 is 5.11 Å². The van der Waals surface area contributed by atoms with E-state index in [9.17, 15) is 0 Å². The summed E-state index contributed by atoms with van der Waals surface area (Å²) in [5.41, 5.74) is 0. The molecule has 0 bridgehead atoms. The highest BCUT2D eigenvalue weighted by molar-refractivity contribution is 7.99. The third-order valence-corrected chi connectivity index (χ3v) is 2.69. The van der Waals surface area contributed by atoms with Crippen LogP contribution in [0.1, 0.15) is 19.8 Å². The molecule has 1 saturated heterocycles. The van der Waals surface area contributed by atoms with E-state index in [-0.39, 0.29) is 6.10 Å². The van der Waals surface area contributed by atoms with Crippen molar-refractivity contribution in [2.75, 3.05) is 5.75 Å². The molecule has 48 valence electrons. The van der Waals surface area contributed by atoms with Crippen LogP contribution in [-0.4, -0.2) is 22.2 Å². The fourth-order valence-corrected chi connectivity index (χ4v) is 2.14. The van der Waals surface area contributed by atoms with Gasteiger partial charge in [-0.2, -0.15) is 11.8 Å². The zero-order valence-electron chi connectivity index (χ0n) is 5.13. The fraction of sp³-hybridized carbons (Fsp3) is 1.00. The molecule has 1 heterocycles. The normalized spacial score (nSPS) is 39.8. The Bertz CT molecular complexity index is 66.9. The van der Waals surface area contributed by atoms with Gasteiger partial charge in [0, 0.05) is 5.25 Å². The van der Waals surface area contributed by atoms with Gasteiger partial charge in [0.25, 0.3) is 0 Å². The van der Waals surface area contributed by atoms with Gasteiger partial charge in [-0.1, -0.05) is 6.92 Å². The third kappa shape index (κ3) is 1.67. The number of hydrogen-bond donors (Lipinski definition) is 1. The van der Waals surface area contributed by atoms with E-state index in [1.165, 1.54) is 0 Å². The van der Waals surface area contributed by atoms with Gasteiger partial charge in [0.1, 0.15) is 0 Å². The molecule has 0 aliphatic carbocycles. The molecule has 0 saturated carbocycles. The SMILES string of the molecule is C[C@H]1C[C@H](O)CCS1. The van der Waals surface area contributed by atoms with Crippen molar-refractivity contribution in [3.05, 3.63) is 0 Å². The van der Waals surface area contributed by atoms with Gasteiger partial charge < -0.3 is 5.11 Å². The number of thioether (sulfide) groups is 1. The van der Waals surface area contributed by atoms with Gasteiger partial charge in [-0.25, -0.2) is 0 Å². The number of rotatable bonds is 0. The van der Waals surface area contributed by atoms with E-state index in [1.54, 1.807) is 0 Å². The molecule has 1 aliphatic heterocycles. The molecule has 0 radical (unpaired) electrons. The van der Waals surface area contributed by atoms with E-state index < -0.39 is 0 Å². The van der Waals surface area contributed by atoms with Crippen LogP contribution in [0, 0.1) is 0 Å². The van der Waals surface area contributed by atoms with Crippen LogP contribution < -0.4 is 0 Å². The second kappa shape index (κ2) is 2.74. The van der Waals surface area contributed by atoms with E-state index in [4.69, 9.17) is 5.11 Å². The van der Waals surface area contributed by atoms with Gasteiger partial charge in [-0.05, 0) is 18.6 Å². The predicted octanol–water partition coefficient (Wildman–Crippen LogP) is 1.26. The first-order valence-electron chi connectivity index (χ1n) is 3.08. The summed E-state index contributed by atoms with van der Waals surface area (Å²) in [6.45, 7) is 2.17. The van der Waals surface area contributed by atoms with E-state index in [1.807, 2.05) is 11.8 Å². The molecule has 1 nitrogen and oxygen atoms in total. The van der Waals surface area contributed by atoms with Crippen LogP contribution in [0.15, 0.2) is 0 Å². The van der Waals surface area contributed by atoms with E-state index >= 15 is 0 Å². The van der Waals surface area contributed by atoms with Gasteiger partial charge in [0.15, 0.2) is 0 Å². The lowest BCUT2D eigenvalue weighted by molar-refractivity contribution is 0.158. The maximum absolute atomic E-state index is 9.07.